The predicted octanol–water partition coefficient (Wildman–Crippen LogP) is 4.63. The van der Waals surface area contributed by atoms with Gasteiger partial charge < -0.3 is 10.5 Å². The third kappa shape index (κ3) is 5.20. The monoisotopic (exact) mass is 444 g/mol. The Morgan fingerprint density at radius 1 is 1.18 bits per heavy atom. The van der Waals surface area contributed by atoms with Crippen LogP contribution in [-0.2, 0) is 0 Å². The van der Waals surface area contributed by atoms with E-state index in [0.717, 1.165) is 52.1 Å². The maximum absolute atomic E-state index is 11.3. The van der Waals surface area contributed by atoms with Crippen molar-refractivity contribution >= 4 is 11.5 Å². The van der Waals surface area contributed by atoms with Crippen molar-refractivity contribution in [1.29, 1.82) is 0 Å². The number of nitrogens with one attached hydrogen (secondary N) is 2. The van der Waals surface area contributed by atoms with E-state index in [2.05, 4.69) is 28.3 Å². The molecule has 1 aromatic carbocycles. The average Bonchev–Trinajstić information content (AvgIpc) is 3.43. The van der Waals surface area contributed by atoms with E-state index in [1.807, 2.05) is 44.2 Å². The van der Waals surface area contributed by atoms with Gasteiger partial charge in [-0.15, -0.1) is 0 Å². The molecule has 1 saturated carbocycles. The van der Waals surface area contributed by atoms with E-state index in [0.29, 0.717) is 0 Å². The van der Waals surface area contributed by atoms with Gasteiger partial charge in [0.05, 0.1) is 5.69 Å². The van der Waals surface area contributed by atoms with Crippen molar-refractivity contribution in [1.82, 2.24) is 15.2 Å². The Morgan fingerprint density at radius 3 is 2.45 bits per heavy atom. The van der Waals surface area contributed by atoms with Crippen molar-refractivity contribution in [2.24, 2.45) is 5.73 Å². The molecule has 1 amide bonds. The maximum Gasteiger partial charge on any atom is 0.267 e. The van der Waals surface area contributed by atoms with Gasteiger partial charge in [-0.2, -0.15) is 0 Å². The highest BCUT2D eigenvalue weighted by Gasteiger charge is 2.28. The summed E-state index contributed by atoms with van der Waals surface area (Å²) in [5.74, 6) is 0.161. The number of allylic oxidation sites excluding steroid dienone is 2. The van der Waals surface area contributed by atoms with Gasteiger partial charge in [-0.25, -0.2) is 0 Å². The quantitative estimate of drug-likeness (QED) is 0.514. The molecule has 0 bridgehead atoms. The minimum atomic E-state index is -0.563. The third-order valence-electron chi connectivity index (χ3n) is 5.33. The number of benzene rings is 1. The fourth-order valence-corrected chi connectivity index (χ4v) is 3.72. The zero-order valence-corrected chi connectivity index (χ0v) is 18.9. The van der Waals surface area contributed by atoms with Crippen LogP contribution in [0.1, 0.15) is 42.7 Å². The standard InChI is InChI=1S/C24H22N4O3.C2H6/c1-3-18(16-6-10-20(24(25)30)26-13-16)19-9-11-22(14(19)2)31-17-7-4-15(5-8-17)21-12-23(29)28-27-21;1-2/h3-8,10,12-13,22H,1-2,9,11H2,(H2,25,30)(H2,27,28,29);1-2H3/b19-18+;. The fraction of sp³-hybridized carbons (Fsp3) is 0.192. The number of amides is 1. The summed E-state index contributed by atoms with van der Waals surface area (Å²) >= 11 is 0. The van der Waals surface area contributed by atoms with Crippen LogP contribution in [0, 0.1) is 0 Å². The van der Waals surface area contributed by atoms with Crippen molar-refractivity contribution in [3.05, 3.63) is 101 Å². The maximum atomic E-state index is 11.3. The van der Waals surface area contributed by atoms with Crippen LogP contribution in [0.5, 0.6) is 5.75 Å². The molecule has 0 saturated heterocycles. The number of hydrogen-bond acceptors (Lipinski definition) is 4. The molecule has 1 aliphatic rings. The minimum absolute atomic E-state index is 0.152. The summed E-state index contributed by atoms with van der Waals surface area (Å²) in [6.45, 7) is 12.2. The Bertz CT molecular complexity index is 1230. The van der Waals surface area contributed by atoms with E-state index in [9.17, 15) is 9.59 Å². The number of nitrogens with zero attached hydrogens (tertiary/aromatic N) is 1. The molecule has 1 aliphatic carbocycles. The molecule has 7 heteroatoms. The van der Waals surface area contributed by atoms with Crippen molar-refractivity contribution in [2.45, 2.75) is 32.8 Å². The third-order valence-corrected chi connectivity index (χ3v) is 5.33. The second-order valence-corrected chi connectivity index (χ2v) is 7.26. The number of ether oxygens (including phenoxy) is 1. The van der Waals surface area contributed by atoms with Crippen LogP contribution in [0.25, 0.3) is 16.8 Å². The van der Waals surface area contributed by atoms with Crippen LogP contribution in [0.2, 0.25) is 0 Å². The van der Waals surface area contributed by atoms with E-state index >= 15 is 0 Å². The zero-order chi connectivity index (χ0) is 24.0. The molecule has 0 spiro atoms. The van der Waals surface area contributed by atoms with Crippen molar-refractivity contribution in [2.75, 3.05) is 0 Å². The van der Waals surface area contributed by atoms with Crippen LogP contribution in [0.15, 0.2) is 83.8 Å². The summed E-state index contributed by atoms with van der Waals surface area (Å²) in [6, 6.07) is 12.4. The molecule has 7 nitrogen and oxygen atoms in total. The lowest BCUT2D eigenvalue weighted by Gasteiger charge is -2.16. The summed E-state index contributed by atoms with van der Waals surface area (Å²) in [5.41, 5.74) is 10.7. The molecule has 1 unspecified atom stereocenters. The largest absolute Gasteiger partial charge is 0.486 e. The lowest BCUT2D eigenvalue weighted by atomic mass is 9.97. The first-order valence-corrected chi connectivity index (χ1v) is 10.8. The normalized spacial score (nSPS) is 16.5. The van der Waals surface area contributed by atoms with Crippen molar-refractivity contribution < 1.29 is 9.53 Å². The van der Waals surface area contributed by atoms with Crippen molar-refractivity contribution in [3.8, 4) is 17.0 Å². The molecule has 0 radical (unpaired) electrons. The summed E-state index contributed by atoms with van der Waals surface area (Å²) in [7, 11) is 0. The van der Waals surface area contributed by atoms with E-state index < -0.39 is 5.91 Å². The molecule has 3 aromatic rings. The van der Waals surface area contributed by atoms with Gasteiger partial charge in [0.1, 0.15) is 17.5 Å². The molecule has 4 N–H and O–H groups in total. The highest BCUT2D eigenvalue weighted by molar-refractivity contribution is 5.91. The second kappa shape index (κ2) is 10.5. The first-order valence-electron chi connectivity index (χ1n) is 10.8. The molecule has 4 rings (SSSR count). The summed E-state index contributed by atoms with van der Waals surface area (Å²) < 4.78 is 6.17. The number of aromatic amines is 2. The van der Waals surface area contributed by atoms with Gasteiger partial charge in [0, 0.05) is 17.8 Å². The minimum Gasteiger partial charge on any atom is -0.486 e. The number of aromatic nitrogens is 3. The van der Waals surface area contributed by atoms with E-state index in [4.69, 9.17) is 10.5 Å². The molecule has 170 valence electrons. The molecule has 0 aliphatic heterocycles. The molecule has 1 atom stereocenters. The fourth-order valence-electron chi connectivity index (χ4n) is 3.72. The number of hydrogen-bond donors (Lipinski definition) is 3. The molecule has 2 aromatic heterocycles. The summed E-state index contributed by atoms with van der Waals surface area (Å²) in [6.07, 6.45) is 4.84. The number of carbonyl (C=O) groups excluding carboxylic acids is 1. The lowest BCUT2D eigenvalue weighted by molar-refractivity contribution is 0.0995. The first-order chi connectivity index (χ1) is 16.0. The highest BCUT2D eigenvalue weighted by Crippen LogP contribution is 2.38. The topological polar surface area (TPSA) is 114 Å². The van der Waals surface area contributed by atoms with Crippen LogP contribution in [0.4, 0.5) is 0 Å². The van der Waals surface area contributed by atoms with Crippen LogP contribution >= 0.6 is 0 Å². The van der Waals surface area contributed by atoms with Gasteiger partial charge in [0.15, 0.2) is 0 Å². The average molecular weight is 445 g/mol. The van der Waals surface area contributed by atoms with Gasteiger partial charge in [-0.3, -0.25) is 24.8 Å². The Balaban J connectivity index is 0.00000149. The SMILES string of the molecule is C=C/C(=C1/CCC(Oc2ccc(-c3cc(=O)[nH][nH]3)cc2)C1=C)c1ccc(C(N)=O)nc1.CC. The molecule has 1 fully saturated rings. The summed E-state index contributed by atoms with van der Waals surface area (Å²) in [4.78, 5) is 26.7. The second-order valence-electron chi connectivity index (χ2n) is 7.26. The van der Waals surface area contributed by atoms with E-state index in [1.54, 1.807) is 18.3 Å². The number of rotatable bonds is 6. The van der Waals surface area contributed by atoms with Gasteiger partial charge in [0.25, 0.3) is 11.5 Å². The zero-order valence-electron chi connectivity index (χ0n) is 18.9. The Morgan fingerprint density at radius 2 is 1.91 bits per heavy atom. The van der Waals surface area contributed by atoms with Crippen LogP contribution < -0.4 is 16.0 Å². The highest BCUT2D eigenvalue weighted by atomic mass is 16.5. The molecule has 33 heavy (non-hydrogen) atoms. The van der Waals surface area contributed by atoms with E-state index in [1.165, 1.54) is 6.07 Å². The number of primary amides is 1. The molecular weight excluding hydrogens is 416 g/mol. The van der Waals surface area contributed by atoms with Gasteiger partial charge >= 0.3 is 0 Å². The first kappa shape index (κ1) is 23.5. The van der Waals surface area contributed by atoms with Crippen LogP contribution in [0.3, 0.4) is 0 Å². The lowest BCUT2D eigenvalue weighted by Crippen LogP contribution is -2.14. The number of pyridine rings is 1. The Labute approximate surface area is 192 Å². The Kier molecular flexibility index (Phi) is 7.46. The number of nitrogens with two attached hydrogens (primary N) is 1. The van der Waals surface area contributed by atoms with Crippen LogP contribution in [-0.4, -0.2) is 27.2 Å². The Hall–Kier alpha value is -4.13. The summed E-state index contributed by atoms with van der Waals surface area (Å²) in [5, 5.41) is 5.36. The van der Waals surface area contributed by atoms with Gasteiger partial charge in [0.2, 0.25) is 0 Å². The molecular formula is C26H28N4O3. The van der Waals surface area contributed by atoms with Gasteiger partial charge in [-0.05, 0) is 65.5 Å². The van der Waals surface area contributed by atoms with E-state index in [-0.39, 0.29) is 17.4 Å². The molecule has 2 heterocycles. The van der Waals surface area contributed by atoms with Gasteiger partial charge in [-0.1, -0.05) is 39.1 Å². The number of carbonyl (C=O) groups is 1. The number of H-pyrrole nitrogens is 2. The predicted molar refractivity (Wildman–Crippen MR) is 131 cm³/mol. The smallest absolute Gasteiger partial charge is 0.267 e. The van der Waals surface area contributed by atoms with Crippen molar-refractivity contribution in [3.63, 3.8) is 0 Å².